The molecule has 4 nitrogen and oxygen atoms in total. The smallest absolute Gasteiger partial charge is 0.321 e. The number of amides is 2. The van der Waals surface area contributed by atoms with Crippen molar-refractivity contribution in [2.45, 2.75) is 12.3 Å². The number of benzene rings is 1. The van der Waals surface area contributed by atoms with Gasteiger partial charge in [-0.3, -0.25) is 0 Å². The van der Waals surface area contributed by atoms with Crippen molar-refractivity contribution in [2.24, 2.45) is 0 Å². The maximum absolute atomic E-state index is 11.5. The summed E-state index contributed by atoms with van der Waals surface area (Å²) in [6.07, 6.45) is -0.110. The number of hydrogen-bond donors (Lipinski definition) is 2. The third-order valence-corrected chi connectivity index (χ3v) is 4.12. The van der Waals surface area contributed by atoms with E-state index >= 15 is 0 Å². The van der Waals surface area contributed by atoms with Crippen LogP contribution >= 0.6 is 11.3 Å². The molecule has 3 heterocycles. The molecular weight excluding hydrogens is 224 g/mol. The van der Waals surface area contributed by atoms with Crippen LogP contribution in [0.2, 0.25) is 0 Å². The molecule has 2 atom stereocenters. The molecule has 4 rings (SSSR count). The van der Waals surface area contributed by atoms with E-state index < -0.39 is 0 Å². The molecule has 0 spiro atoms. The Kier molecular flexibility index (Phi) is 1.47. The Morgan fingerprint density at radius 2 is 2.19 bits per heavy atom. The average Bonchev–Trinajstić information content (AvgIpc) is 2.95. The van der Waals surface area contributed by atoms with Gasteiger partial charge in [0.05, 0.1) is 10.6 Å². The van der Waals surface area contributed by atoms with E-state index in [0.29, 0.717) is 0 Å². The van der Waals surface area contributed by atoms with E-state index in [1.54, 1.807) is 11.3 Å². The van der Waals surface area contributed by atoms with Gasteiger partial charge in [-0.05, 0) is 6.07 Å². The van der Waals surface area contributed by atoms with Crippen molar-refractivity contribution in [3.05, 3.63) is 29.1 Å². The maximum atomic E-state index is 11.5. The molecular formula is C11H8N2O2S. The Hall–Kier alpha value is -1.59. The topological polar surface area (TPSA) is 53.7 Å². The summed E-state index contributed by atoms with van der Waals surface area (Å²) in [5.41, 5.74) is 0.906. The van der Waals surface area contributed by atoms with Crippen molar-refractivity contribution in [1.29, 1.82) is 0 Å². The van der Waals surface area contributed by atoms with Crippen LogP contribution in [0, 0.1) is 0 Å². The quantitative estimate of drug-likeness (QED) is 0.685. The first kappa shape index (κ1) is 8.55. The lowest BCUT2D eigenvalue weighted by Crippen LogP contribution is -2.29. The highest BCUT2D eigenvalue weighted by Crippen LogP contribution is 2.49. The summed E-state index contributed by atoms with van der Waals surface area (Å²) < 4.78 is 6.61. The van der Waals surface area contributed by atoms with Gasteiger partial charge in [-0.15, -0.1) is 11.3 Å². The number of thiophene rings is 1. The summed E-state index contributed by atoms with van der Waals surface area (Å²) in [5.74, 6) is 0. The van der Waals surface area contributed by atoms with Crippen molar-refractivity contribution in [2.75, 3.05) is 5.32 Å². The van der Waals surface area contributed by atoms with E-state index in [2.05, 4.69) is 16.7 Å². The lowest BCUT2D eigenvalue weighted by molar-refractivity contribution is 0.245. The fraction of sp³-hybridized carbons (Fsp3) is 0.182. The highest BCUT2D eigenvalue weighted by molar-refractivity contribution is 7.20. The molecule has 1 fully saturated rings. The second-order valence-electron chi connectivity index (χ2n) is 3.91. The Morgan fingerprint density at radius 3 is 3.12 bits per heavy atom. The Balaban J connectivity index is 2.01. The summed E-state index contributed by atoms with van der Waals surface area (Å²) in [7, 11) is 0. The lowest BCUT2D eigenvalue weighted by Gasteiger charge is -2.03. The maximum Gasteiger partial charge on any atom is 0.321 e. The van der Waals surface area contributed by atoms with Gasteiger partial charge in [0.2, 0.25) is 0 Å². The van der Waals surface area contributed by atoms with Crippen molar-refractivity contribution >= 4 is 33.1 Å². The summed E-state index contributed by atoms with van der Waals surface area (Å²) in [5, 5.41) is 6.73. The Morgan fingerprint density at radius 1 is 1.31 bits per heavy atom. The first-order valence-electron chi connectivity index (χ1n) is 5.07. The van der Waals surface area contributed by atoms with Crippen LogP contribution in [0.25, 0.3) is 10.1 Å². The van der Waals surface area contributed by atoms with Crippen LogP contribution in [0.15, 0.2) is 24.3 Å². The van der Waals surface area contributed by atoms with Crippen LogP contribution < -0.4 is 10.6 Å². The fourth-order valence-corrected chi connectivity index (χ4v) is 3.32. The molecule has 2 N–H and O–H groups in total. The van der Waals surface area contributed by atoms with Crippen LogP contribution in [0.4, 0.5) is 10.5 Å². The number of carbonyl (C=O) groups excluding carboxylic acids is 1. The number of carbonyl (C=O) groups is 1. The first-order valence-corrected chi connectivity index (χ1v) is 5.89. The molecule has 0 saturated carbocycles. The number of hydrogen-bond acceptors (Lipinski definition) is 3. The summed E-state index contributed by atoms with van der Waals surface area (Å²) in [6.45, 7) is 0. The minimum Gasteiger partial charge on any atom is -0.342 e. The van der Waals surface area contributed by atoms with Gasteiger partial charge in [-0.25, -0.2) is 4.79 Å². The van der Waals surface area contributed by atoms with E-state index in [-0.39, 0.29) is 18.4 Å². The Bertz CT molecular complexity index is 607. The predicted molar refractivity (Wildman–Crippen MR) is 61.6 cm³/mol. The van der Waals surface area contributed by atoms with Gasteiger partial charge in [0.15, 0.2) is 6.23 Å². The highest BCUT2D eigenvalue weighted by atomic mass is 32.1. The van der Waals surface area contributed by atoms with E-state index in [1.165, 1.54) is 4.70 Å². The largest absolute Gasteiger partial charge is 0.342 e. The van der Waals surface area contributed by atoms with Gasteiger partial charge >= 0.3 is 6.03 Å². The monoisotopic (exact) mass is 232 g/mol. The average molecular weight is 232 g/mol. The highest BCUT2D eigenvalue weighted by Gasteiger charge is 2.46. The number of fused-ring (bicyclic) bond motifs is 5. The zero-order valence-corrected chi connectivity index (χ0v) is 9.01. The number of anilines is 1. The number of urea groups is 1. The second-order valence-corrected chi connectivity index (χ2v) is 5.00. The lowest BCUT2D eigenvalue weighted by atomic mass is 10.2. The number of epoxide rings is 1. The summed E-state index contributed by atoms with van der Waals surface area (Å²) in [4.78, 5) is 12.6. The zero-order chi connectivity index (χ0) is 10.7. The molecule has 2 unspecified atom stereocenters. The number of nitrogens with one attached hydrogen (secondary N) is 2. The van der Waals surface area contributed by atoms with E-state index in [9.17, 15) is 4.79 Å². The third-order valence-electron chi connectivity index (χ3n) is 2.88. The fourth-order valence-electron chi connectivity index (χ4n) is 2.09. The minimum atomic E-state index is -0.185. The van der Waals surface area contributed by atoms with Crippen LogP contribution in [-0.2, 0) is 4.74 Å². The second kappa shape index (κ2) is 2.75. The van der Waals surface area contributed by atoms with Crippen LogP contribution in [0.5, 0.6) is 0 Å². The summed E-state index contributed by atoms with van der Waals surface area (Å²) in [6, 6.07) is 7.88. The van der Waals surface area contributed by atoms with Crippen LogP contribution in [-0.4, -0.2) is 12.3 Å². The van der Waals surface area contributed by atoms with Crippen molar-refractivity contribution in [3.8, 4) is 0 Å². The van der Waals surface area contributed by atoms with E-state index in [1.807, 2.05) is 18.2 Å². The van der Waals surface area contributed by atoms with Crippen LogP contribution in [0.1, 0.15) is 11.0 Å². The van der Waals surface area contributed by atoms with Crippen LogP contribution in [0.3, 0.4) is 0 Å². The molecule has 0 radical (unpaired) electrons. The normalized spacial score (nSPS) is 26.4. The standard InChI is InChI=1S/C11H8N2O2S/c14-11-12-7-5-3-1-2-4-6(5)16-9(7)8-10(13-11)15-8/h1-4,8,10H,(H2,12,13,14). The molecule has 16 heavy (non-hydrogen) atoms. The molecule has 2 aromatic rings. The molecule has 2 aliphatic rings. The van der Waals surface area contributed by atoms with Crippen molar-refractivity contribution in [1.82, 2.24) is 5.32 Å². The number of ether oxygens (including phenoxy) is 1. The van der Waals surface area contributed by atoms with Gasteiger partial charge < -0.3 is 15.4 Å². The molecule has 1 saturated heterocycles. The molecule has 0 bridgehead atoms. The molecule has 1 aromatic carbocycles. The molecule has 2 aliphatic heterocycles. The van der Waals surface area contributed by atoms with Gasteiger partial charge in [-0.2, -0.15) is 0 Å². The predicted octanol–water partition coefficient (Wildman–Crippen LogP) is 2.43. The van der Waals surface area contributed by atoms with E-state index in [4.69, 9.17) is 4.74 Å². The van der Waals surface area contributed by atoms with E-state index in [0.717, 1.165) is 16.0 Å². The molecule has 2 amide bonds. The molecule has 80 valence electrons. The molecule has 1 aromatic heterocycles. The minimum absolute atomic E-state index is 0.0337. The van der Waals surface area contributed by atoms with Crippen molar-refractivity contribution < 1.29 is 9.53 Å². The van der Waals surface area contributed by atoms with Crippen molar-refractivity contribution in [3.63, 3.8) is 0 Å². The third kappa shape index (κ3) is 1.04. The van der Waals surface area contributed by atoms with Gasteiger partial charge in [0.25, 0.3) is 0 Å². The zero-order valence-electron chi connectivity index (χ0n) is 8.19. The van der Waals surface area contributed by atoms with Gasteiger partial charge in [0, 0.05) is 10.1 Å². The first-order chi connectivity index (χ1) is 7.83. The summed E-state index contributed by atoms with van der Waals surface area (Å²) >= 11 is 1.69. The number of rotatable bonds is 0. The SMILES string of the molecule is O=C1Nc2c(sc3ccccc23)C2OC2N1. The molecule has 5 heteroatoms. The van der Waals surface area contributed by atoms with Gasteiger partial charge in [-0.1, -0.05) is 18.2 Å². The molecule has 0 aliphatic carbocycles. The van der Waals surface area contributed by atoms with Gasteiger partial charge in [0.1, 0.15) is 6.10 Å². The Labute approximate surface area is 95.2 Å².